The smallest absolute Gasteiger partial charge is 0.164 e. The van der Waals surface area contributed by atoms with Crippen molar-refractivity contribution in [1.29, 1.82) is 0 Å². The van der Waals surface area contributed by atoms with Crippen molar-refractivity contribution in [2.45, 2.75) is 0 Å². The maximum Gasteiger partial charge on any atom is 0.164 e. The lowest BCUT2D eigenvalue weighted by Crippen LogP contribution is -2.00. The molecule has 8 aromatic carbocycles. The molecule has 0 saturated carbocycles. The van der Waals surface area contributed by atoms with Crippen LogP contribution in [0.2, 0.25) is 0 Å². The third-order valence-corrected chi connectivity index (χ3v) is 9.69. The summed E-state index contributed by atoms with van der Waals surface area (Å²) in [6, 6.07) is 61.2. The number of benzene rings is 8. The quantitative estimate of drug-likeness (QED) is 0.186. The third-order valence-electron chi connectivity index (χ3n) is 9.69. The summed E-state index contributed by atoms with van der Waals surface area (Å²) in [7, 11) is 0. The van der Waals surface area contributed by atoms with E-state index in [-0.39, 0.29) is 0 Å². The monoisotopic (exact) mass is 651 g/mol. The van der Waals surface area contributed by atoms with Gasteiger partial charge in [0.1, 0.15) is 11.2 Å². The van der Waals surface area contributed by atoms with E-state index in [9.17, 15) is 0 Å². The van der Waals surface area contributed by atoms with E-state index in [2.05, 4.69) is 133 Å². The van der Waals surface area contributed by atoms with Crippen LogP contribution in [0.3, 0.4) is 0 Å². The first-order valence-corrected chi connectivity index (χ1v) is 17.1. The number of furan rings is 1. The summed E-state index contributed by atoms with van der Waals surface area (Å²) in [5.74, 6) is 1.84. The highest BCUT2D eigenvalue weighted by atomic mass is 16.3. The van der Waals surface area contributed by atoms with E-state index in [1.165, 1.54) is 27.5 Å². The molecule has 0 aliphatic carbocycles. The molecule has 0 atom stereocenters. The summed E-state index contributed by atoms with van der Waals surface area (Å²) in [5, 5.41) is 6.88. The largest absolute Gasteiger partial charge is 0.456 e. The molecule has 0 aliphatic heterocycles. The topological polar surface area (TPSA) is 51.8 Å². The van der Waals surface area contributed by atoms with E-state index in [4.69, 9.17) is 19.4 Å². The molecule has 0 aliphatic rings. The normalized spacial score (nSPS) is 11.5. The number of fused-ring (bicyclic) bond motifs is 5. The molecule has 0 saturated heterocycles. The first-order chi connectivity index (χ1) is 25.2. The molecule has 238 valence electrons. The average molecular weight is 652 g/mol. The van der Waals surface area contributed by atoms with Crippen molar-refractivity contribution in [3.05, 3.63) is 176 Å². The number of nitrogens with zero attached hydrogens (tertiary/aromatic N) is 3. The highest BCUT2D eigenvalue weighted by molar-refractivity contribution is 6.07. The van der Waals surface area contributed by atoms with Crippen molar-refractivity contribution < 1.29 is 4.42 Å². The average Bonchev–Trinajstić information content (AvgIpc) is 3.58. The highest BCUT2D eigenvalue weighted by Crippen LogP contribution is 2.36. The Hall–Kier alpha value is -6.91. The van der Waals surface area contributed by atoms with Crippen molar-refractivity contribution in [1.82, 2.24) is 15.0 Å². The maximum absolute atomic E-state index is 6.42. The third kappa shape index (κ3) is 5.31. The van der Waals surface area contributed by atoms with Gasteiger partial charge in [-0.2, -0.15) is 0 Å². The number of hydrogen-bond acceptors (Lipinski definition) is 4. The Kier molecular flexibility index (Phi) is 6.78. The number of aromatic nitrogens is 3. The van der Waals surface area contributed by atoms with Crippen molar-refractivity contribution >= 4 is 43.5 Å². The lowest BCUT2D eigenvalue weighted by atomic mass is 9.99. The van der Waals surface area contributed by atoms with E-state index in [1.807, 2.05) is 42.5 Å². The molecule has 0 N–H and O–H groups in total. The summed E-state index contributed by atoms with van der Waals surface area (Å²) in [6.45, 7) is 0. The van der Waals surface area contributed by atoms with E-state index in [1.54, 1.807) is 0 Å². The Morgan fingerprint density at radius 1 is 0.275 bits per heavy atom. The summed E-state index contributed by atoms with van der Waals surface area (Å²) in [4.78, 5) is 15.0. The molecule has 0 amide bonds. The fourth-order valence-electron chi connectivity index (χ4n) is 7.01. The minimum absolute atomic E-state index is 0.595. The molecular formula is C47H29N3O. The second-order valence-corrected chi connectivity index (χ2v) is 12.9. The second kappa shape index (κ2) is 11.9. The summed E-state index contributed by atoms with van der Waals surface area (Å²) in [6.07, 6.45) is 0. The minimum Gasteiger partial charge on any atom is -0.456 e. The molecule has 51 heavy (non-hydrogen) atoms. The molecule has 0 radical (unpaired) electrons. The molecule has 10 rings (SSSR count). The fraction of sp³-hybridized carbons (Fsp3) is 0. The molecule has 2 heterocycles. The molecule has 0 unspecified atom stereocenters. The standard InChI is InChI=1S/C47H29N3O/c1-3-9-30(10-4-1)34-17-18-37-27-39(20-19-35(37)26-34)46-48-45(32-12-5-2-6-13-32)49-47(50-46)40-21-23-41-42-28-38(22-24-43(42)51-44(41)29-40)36-16-15-31-11-7-8-14-33(31)25-36/h1-29H. The van der Waals surface area contributed by atoms with Crippen LogP contribution in [0.1, 0.15) is 0 Å². The lowest BCUT2D eigenvalue weighted by Gasteiger charge is -2.10. The minimum atomic E-state index is 0.595. The Bertz CT molecular complexity index is 2910. The Morgan fingerprint density at radius 2 is 0.745 bits per heavy atom. The zero-order valence-electron chi connectivity index (χ0n) is 27.5. The van der Waals surface area contributed by atoms with Crippen LogP contribution in [-0.2, 0) is 0 Å². The van der Waals surface area contributed by atoms with Crippen LogP contribution in [0.25, 0.3) is 99.9 Å². The second-order valence-electron chi connectivity index (χ2n) is 12.9. The zero-order valence-corrected chi connectivity index (χ0v) is 27.5. The Morgan fingerprint density at radius 3 is 1.47 bits per heavy atom. The molecular weight excluding hydrogens is 623 g/mol. The van der Waals surface area contributed by atoms with Gasteiger partial charge in [-0.05, 0) is 86.3 Å². The maximum atomic E-state index is 6.42. The van der Waals surface area contributed by atoms with Gasteiger partial charge < -0.3 is 4.42 Å². The van der Waals surface area contributed by atoms with Crippen molar-refractivity contribution in [3.8, 4) is 56.4 Å². The van der Waals surface area contributed by atoms with Gasteiger partial charge in [0, 0.05) is 27.5 Å². The Labute approximate surface area is 294 Å². The van der Waals surface area contributed by atoms with Crippen LogP contribution in [-0.4, -0.2) is 15.0 Å². The van der Waals surface area contributed by atoms with Gasteiger partial charge in [-0.1, -0.05) is 133 Å². The fourth-order valence-corrected chi connectivity index (χ4v) is 7.01. The SMILES string of the molecule is c1ccc(-c2ccc3cc(-c4nc(-c5ccccc5)nc(-c5ccc6c(c5)oc5ccc(-c7ccc8ccccc8c7)cc56)n4)ccc3c2)cc1. The van der Waals surface area contributed by atoms with Gasteiger partial charge in [0.2, 0.25) is 0 Å². The molecule has 0 bridgehead atoms. The molecule has 4 nitrogen and oxygen atoms in total. The van der Waals surface area contributed by atoms with E-state index in [0.29, 0.717) is 17.5 Å². The molecule has 0 fully saturated rings. The van der Waals surface area contributed by atoms with Crippen LogP contribution in [0.4, 0.5) is 0 Å². The van der Waals surface area contributed by atoms with E-state index in [0.717, 1.165) is 55.0 Å². The Balaban J connectivity index is 1.06. The first kappa shape index (κ1) is 29.0. The predicted molar refractivity (Wildman–Crippen MR) is 209 cm³/mol. The van der Waals surface area contributed by atoms with Gasteiger partial charge in [0.05, 0.1) is 0 Å². The molecule has 10 aromatic rings. The summed E-state index contributed by atoms with van der Waals surface area (Å²) < 4.78 is 6.42. The predicted octanol–water partition coefficient (Wildman–Crippen LogP) is 12.4. The van der Waals surface area contributed by atoms with Crippen molar-refractivity contribution in [2.24, 2.45) is 0 Å². The van der Waals surface area contributed by atoms with E-state index < -0.39 is 0 Å². The van der Waals surface area contributed by atoms with Gasteiger partial charge in [-0.3, -0.25) is 0 Å². The van der Waals surface area contributed by atoms with Crippen LogP contribution in [0.15, 0.2) is 180 Å². The molecule has 0 spiro atoms. The number of hydrogen-bond donors (Lipinski definition) is 0. The van der Waals surface area contributed by atoms with Gasteiger partial charge in [-0.25, -0.2) is 15.0 Å². The van der Waals surface area contributed by atoms with Gasteiger partial charge >= 0.3 is 0 Å². The molecule has 2 aromatic heterocycles. The zero-order chi connectivity index (χ0) is 33.7. The summed E-state index contributed by atoms with van der Waals surface area (Å²) >= 11 is 0. The van der Waals surface area contributed by atoms with Crippen LogP contribution < -0.4 is 0 Å². The molecule has 4 heteroatoms. The summed E-state index contributed by atoms with van der Waals surface area (Å²) in [5.41, 5.74) is 9.09. The lowest BCUT2D eigenvalue weighted by molar-refractivity contribution is 0.669. The van der Waals surface area contributed by atoms with Gasteiger partial charge in [0.25, 0.3) is 0 Å². The van der Waals surface area contributed by atoms with Crippen LogP contribution in [0, 0.1) is 0 Å². The van der Waals surface area contributed by atoms with Crippen molar-refractivity contribution in [2.75, 3.05) is 0 Å². The van der Waals surface area contributed by atoms with Gasteiger partial charge in [0.15, 0.2) is 17.5 Å². The van der Waals surface area contributed by atoms with E-state index >= 15 is 0 Å². The number of rotatable bonds is 5. The van der Waals surface area contributed by atoms with Crippen LogP contribution >= 0.6 is 0 Å². The first-order valence-electron chi connectivity index (χ1n) is 17.1. The van der Waals surface area contributed by atoms with Crippen LogP contribution in [0.5, 0.6) is 0 Å². The van der Waals surface area contributed by atoms with Crippen molar-refractivity contribution in [3.63, 3.8) is 0 Å². The highest BCUT2D eigenvalue weighted by Gasteiger charge is 2.16. The van der Waals surface area contributed by atoms with Gasteiger partial charge in [-0.15, -0.1) is 0 Å².